The van der Waals surface area contributed by atoms with Crippen molar-refractivity contribution in [3.8, 4) is 0 Å². The summed E-state index contributed by atoms with van der Waals surface area (Å²) in [5.74, 6) is -0.0155. The number of carbonyl (C=O) groups is 2. The number of amides is 1. The van der Waals surface area contributed by atoms with Gasteiger partial charge in [0.05, 0.1) is 37.2 Å². The summed E-state index contributed by atoms with van der Waals surface area (Å²) in [5.41, 5.74) is 2.83. The van der Waals surface area contributed by atoms with E-state index in [0.717, 1.165) is 24.2 Å². The van der Waals surface area contributed by atoms with E-state index in [4.69, 9.17) is 8.92 Å². The first-order chi connectivity index (χ1) is 38.6. The molecule has 0 aromatic heterocycles. The van der Waals surface area contributed by atoms with E-state index in [9.17, 15) is 43.9 Å². The summed E-state index contributed by atoms with van der Waals surface area (Å²) >= 11 is 0. The molecule has 13 rings (SSSR count). The van der Waals surface area contributed by atoms with E-state index >= 15 is 0 Å². The maximum atomic E-state index is 11.6. The average molecular weight is 1200 g/mol. The lowest BCUT2D eigenvalue weighted by Gasteiger charge is -2.56. The van der Waals surface area contributed by atoms with Crippen LogP contribution in [-0.2, 0) is 70.7 Å². The Hall–Kier alpha value is -5.31. The molecule has 6 aliphatic carbocycles. The fraction of sp³-hybridized carbons (Fsp3) is 0.397. The Morgan fingerprint density at radius 1 is 0.593 bits per heavy atom. The Morgan fingerprint density at radius 2 is 0.975 bits per heavy atom. The highest BCUT2D eigenvalue weighted by molar-refractivity contribution is 7.97. The van der Waals surface area contributed by atoms with Gasteiger partial charge in [-0.05, 0) is 162 Å². The molecule has 1 N–H and O–H groups in total. The van der Waals surface area contributed by atoms with E-state index in [1.807, 2.05) is 6.92 Å². The lowest BCUT2D eigenvalue weighted by Crippen LogP contribution is -2.59. The Morgan fingerprint density at radius 3 is 1.31 bits per heavy atom. The van der Waals surface area contributed by atoms with Crippen LogP contribution in [0.1, 0.15) is 89.2 Å². The van der Waals surface area contributed by atoms with E-state index in [1.54, 1.807) is 6.92 Å². The van der Waals surface area contributed by atoms with Crippen LogP contribution in [0.15, 0.2) is 199 Å². The van der Waals surface area contributed by atoms with Gasteiger partial charge in [-0.25, -0.2) is 16.8 Å². The molecule has 6 bridgehead atoms. The summed E-state index contributed by atoms with van der Waals surface area (Å²) in [7, 11) is -12.3. The van der Waals surface area contributed by atoms with Crippen molar-refractivity contribution in [2.75, 3.05) is 11.5 Å². The molecule has 1 saturated heterocycles. The first kappa shape index (κ1) is 61.8. The quantitative estimate of drug-likeness (QED) is 0.0495. The standard InChI is InChI=1S/2C19H17S.C12H19NO.C9H12O8S2.C4H10O3S/c2*1-16-12-14-19(15-13-16)20(17-8-4-2-5-9-17)18-10-6-3-7-11-18;1-8(14)13-12-5-9-2-10(6-12)4-11(3-9)7-12;10-7(3-18(11,12)13)16-8-4-1-5-6(2-4)19(14,15)17-9(5)8;1-2-3-4-8(5,6)7/h2*2-15H,1H3;9-11H,2-7H2,1H3,(H,13,14);4-6,8-9H,1-3H2,(H,11,12,13);2-4H2,1H3,(H,5,6,7)/q2*+1;;;/p-2. The first-order valence-corrected chi connectivity index (χ1v) is 34.7. The summed E-state index contributed by atoms with van der Waals surface area (Å²) in [6.07, 6.45) is 8.78. The number of unbranched alkanes of at least 4 members (excludes halogenated alkanes) is 1. The molecule has 1 amide bonds. The third kappa shape index (κ3) is 17.2. The van der Waals surface area contributed by atoms with Gasteiger partial charge in [-0.3, -0.25) is 13.8 Å². The van der Waals surface area contributed by atoms with E-state index in [-0.39, 0.29) is 50.8 Å². The topological polar surface area (TPSA) is 213 Å². The van der Waals surface area contributed by atoms with Gasteiger partial charge in [0.2, 0.25) is 5.91 Å². The minimum absolute atomic E-state index is 0.0229. The van der Waals surface area contributed by atoms with Crippen LogP contribution in [0.2, 0.25) is 0 Å². The molecule has 81 heavy (non-hydrogen) atoms. The number of fused-ring (bicyclic) bond motifs is 1. The number of hydrogen-bond donors (Lipinski definition) is 1. The number of nitrogens with one attached hydrogen (secondary N) is 1. The van der Waals surface area contributed by atoms with Gasteiger partial charge in [-0.1, -0.05) is 122 Å². The SMILES string of the molecule is CC(=O)NC12CC3CC(CC(C3)C1)C2.CCCCS(=O)(=O)[O-].Cc1ccc([S+](c2ccccc2)c2ccccc2)cc1.Cc1ccc([S+](c2ccccc2)c2ccccc2)cc1.O=C(CS(=O)(=O)[O-])OC1C2CC3C1OS(=O)(=O)C3C2. The van der Waals surface area contributed by atoms with Gasteiger partial charge in [-0.15, -0.1) is 0 Å². The molecule has 1 heterocycles. The van der Waals surface area contributed by atoms with Crippen molar-refractivity contribution < 1.29 is 52.9 Å². The molecule has 6 aromatic rings. The number of hydrogen-bond acceptors (Lipinski definition) is 12. The minimum atomic E-state index is -4.70. The second-order valence-corrected chi connectivity index (χ2v) is 30.9. The van der Waals surface area contributed by atoms with Crippen LogP contribution in [0, 0.1) is 43.4 Å². The lowest BCUT2D eigenvalue weighted by molar-refractivity contribution is -0.152. The number of aryl methyl sites for hydroxylation is 2. The Kier molecular flexibility index (Phi) is 20.9. The van der Waals surface area contributed by atoms with Gasteiger partial charge >= 0.3 is 5.97 Å². The van der Waals surface area contributed by atoms with Gasteiger partial charge in [-0.2, -0.15) is 8.42 Å². The smallest absolute Gasteiger partial charge is 0.320 e. The Bertz CT molecular complexity index is 3120. The van der Waals surface area contributed by atoms with Crippen molar-refractivity contribution in [3.05, 3.63) is 181 Å². The molecular formula is C63H73NO12S5. The van der Waals surface area contributed by atoms with Gasteiger partial charge < -0.3 is 19.2 Å². The van der Waals surface area contributed by atoms with E-state index < -0.39 is 59.5 Å². The molecule has 0 radical (unpaired) electrons. The first-order valence-electron chi connectivity index (χ1n) is 27.7. The van der Waals surface area contributed by atoms with Crippen molar-refractivity contribution >= 4 is 64.0 Å². The maximum Gasteiger partial charge on any atom is 0.320 e. The summed E-state index contributed by atoms with van der Waals surface area (Å²) in [6, 6.07) is 60.8. The number of esters is 1. The zero-order valence-corrected chi connectivity index (χ0v) is 50.3. The van der Waals surface area contributed by atoms with Crippen molar-refractivity contribution in [2.24, 2.45) is 29.6 Å². The van der Waals surface area contributed by atoms with Crippen LogP contribution in [0.5, 0.6) is 0 Å². The molecule has 1 aliphatic heterocycles. The Balaban J connectivity index is 0.000000136. The molecule has 18 heteroatoms. The molecule has 7 aliphatic rings. The second kappa shape index (κ2) is 27.4. The van der Waals surface area contributed by atoms with Crippen LogP contribution in [0.25, 0.3) is 0 Å². The molecule has 0 spiro atoms. The molecule has 7 fully saturated rings. The van der Waals surface area contributed by atoms with Crippen molar-refractivity contribution in [2.45, 2.75) is 144 Å². The van der Waals surface area contributed by atoms with Gasteiger partial charge in [0.25, 0.3) is 10.1 Å². The minimum Gasteiger partial charge on any atom is -0.748 e. The molecule has 5 atom stereocenters. The van der Waals surface area contributed by atoms with Crippen molar-refractivity contribution in [3.63, 3.8) is 0 Å². The highest BCUT2D eigenvalue weighted by Gasteiger charge is 2.65. The highest BCUT2D eigenvalue weighted by atomic mass is 32.2. The van der Waals surface area contributed by atoms with Crippen LogP contribution in [0.4, 0.5) is 0 Å². The molecule has 6 aromatic carbocycles. The largest absolute Gasteiger partial charge is 0.748 e. The predicted molar refractivity (Wildman–Crippen MR) is 315 cm³/mol. The van der Waals surface area contributed by atoms with Crippen LogP contribution < -0.4 is 5.32 Å². The molecule has 13 nitrogen and oxygen atoms in total. The van der Waals surface area contributed by atoms with Crippen molar-refractivity contribution in [1.29, 1.82) is 0 Å². The van der Waals surface area contributed by atoms with E-state index in [0.29, 0.717) is 19.3 Å². The molecule has 6 saturated carbocycles. The predicted octanol–water partition coefficient (Wildman–Crippen LogP) is 11.2. The second-order valence-electron chi connectivity index (χ2n) is 22.1. The fourth-order valence-electron chi connectivity index (χ4n) is 12.7. The highest BCUT2D eigenvalue weighted by Crippen LogP contribution is 2.56. The molecular weight excluding hydrogens is 1120 g/mol. The third-order valence-electron chi connectivity index (χ3n) is 15.6. The average Bonchev–Trinajstić information content (AvgIpc) is 4.27. The summed E-state index contributed by atoms with van der Waals surface area (Å²) < 4.78 is 94.0. The summed E-state index contributed by atoms with van der Waals surface area (Å²) in [5, 5.41) is 2.71. The lowest BCUT2D eigenvalue weighted by atomic mass is 9.53. The number of rotatable bonds is 13. The third-order valence-corrected chi connectivity index (χ3v) is 23.2. The molecule has 5 unspecified atom stereocenters. The van der Waals surface area contributed by atoms with Crippen LogP contribution >= 0.6 is 0 Å². The molecule has 432 valence electrons. The Labute approximate surface area is 485 Å². The maximum absolute atomic E-state index is 11.6. The van der Waals surface area contributed by atoms with Crippen molar-refractivity contribution in [1.82, 2.24) is 5.32 Å². The normalized spacial score (nSPS) is 24.9. The summed E-state index contributed by atoms with van der Waals surface area (Å²) in [4.78, 5) is 30.7. The summed E-state index contributed by atoms with van der Waals surface area (Å²) in [6.45, 7) is 7.77. The number of carbonyl (C=O) groups excluding carboxylic acids is 2. The van der Waals surface area contributed by atoms with E-state index in [2.05, 4.69) is 189 Å². The van der Waals surface area contributed by atoms with Crippen LogP contribution in [-0.4, -0.2) is 80.7 Å². The number of benzene rings is 6. The zero-order chi connectivity index (χ0) is 58.0. The van der Waals surface area contributed by atoms with Gasteiger partial charge in [0, 0.05) is 30.1 Å². The monoisotopic (exact) mass is 1200 g/mol. The zero-order valence-electron chi connectivity index (χ0n) is 46.2. The van der Waals surface area contributed by atoms with Gasteiger partial charge in [0.1, 0.15) is 28.1 Å². The van der Waals surface area contributed by atoms with Gasteiger partial charge in [0.15, 0.2) is 29.4 Å². The number of ether oxygens (including phenoxy) is 1. The fourth-order valence-corrected chi connectivity index (χ4v) is 19.8. The van der Waals surface area contributed by atoms with E-state index in [1.165, 1.54) is 79.0 Å². The van der Waals surface area contributed by atoms with Crippen LogP contribution in [0.3, 0.4) is 0 Å².